The van der Waals surface area contributed by atoms with Crippen LogP contribution >= 0.6 is 24.0 Å². The molecule has 4 unspecified atom stereocenters. The van der Waals surface area contributed by atoms with Crippen molar-refractivity contribution in [2.24, 2.45) is 11.8 Å². The molecular weight excluding hydrogens is 293 g/mol. The van der Waals surface area contributed by atoms with E-state index in [2.05, 4.69) is 47.4 Å². The summed E-state index contributed by atoms with van der Waals surface area (Å²) in [6.07, 6.45) is 6.77. The zero-order valence-electron chi connectivity index (χ0n) is 14.7. The Morgan fingerprint density at radius 2 is 2.00 bits per heavy atom. The Hall–Kier alpha value is 0.305. The van der Waals surface area contributed by atoms with Gasteiger partial charge in [0.1, 0.15) is 12.2 Å². The molecule has 1 aliphatic carbocycles. The van der Waals surface area contributed by atoms with Crippen molar-refractivity contribution < 1.29 is 0 Å². The van der Waals surface area contributed by atoms with E-state index in [-0.39, 0.29) is 0 Å². The molecule has 0 aromatic heterocycles. The molecule has 0 amide bonds. The molecule has 21 heavy (non-hydrogen) atoms. The molecule has 1 saturated heterocycles. The lowest BCUT2D eigenvalue weighted by Gasteiger charge is -2.36. The molecule has 0 spiro atoms. The number of hydrogen-bond donors (Lipinski definition) is 0. The Labute approximate surface area is 142 Å². The molecule has 4 atom stereocenters. The Bertz CT molecular complexity index is 385. The minimum Gasteiger partial charge on any atom is -0.351 e. The third-order valence-electron chi connectivity index (χ3n) is 5.90. The van der Waals surface area contributed by atoms with Gasteiger partial charge in [0, 0.05) is 17.3 Å². The predicted octanol–water partition coefficient (Wildman–Crippen LogP) is 4.51. The number of thiocarbonyl (C=S) groups is 1. The summed E-state index contributed by atoms with van der Waals surface area (Å²) >= 11 is 7.66. The van der Waals surface area contributed by atoms with Gasteiger partial charge in [-0.3, -0.25) is 0 Å². The fourth-order valence-electron chi connectivity index (χ4n) is 4.32. The topological polar surface area (TPSA) is 3.24 Å². The van der Waals surface area contributed by atoms with Gasteiger partial charge in [0.05, 0.1) is 0 Å². The van der Waals surface area contributed by atoms with E-state index in [1.54, 1.807) is 0 Å². The molecule has 1 nitrogen and oxygen atoms in total. The van der Waals surface area contributed by atoms with Crippen molar-refractivity contribution in [3.05, 3.63) is 0 Å². The van der Waals surface area contributed by atoms with E-state index in [0.29, 0.717) is 17.4 Å². The van der Waals surface area contributed by atoms with Crippen LogP contribution in [0.15, 0.2) is 0 Å². The number of hydrogen-bond acceptors (Lipinski definition) is 2. The van der Waals surface area contributed by atoms with Gasteiger partial charge < -0.3 is 4.90 Å². The minimum absolute atomic E-state index is 0.520. The smallest absolute Gasteiger partial charge is 0.137 e. The van der Waals surface area contributed by atoms with E-state index >= 15 is 0 Å². The number of fused-ring (bicyclic) bond motifs is 1. The van der Waals surface area contributed by atoms with Crippen LogP contribution in [0.4, 0.5) is 0 Å². The summed E-state index contributed by atoms with van der Waals surface area (Å²) < 4.78 is 1.15. The van der Waals surface area contributed by atoms with Crippen LogP contribution in [0.5, 0.6) is 0 Å². The van der Waals surface area contributed by atoms with Crippen LogP contribution in [0, 0.1) is 11.8 Å². The highest BCUT2D eigenvalue weighted by Gasteiger charge is 2.42. The van der Waals surface area contributed by atoms with Crippen LogP contribution in [-0.2, 0) is 0 Å². The first-order valence-corrected chi connectivity index (χ1v) is 10.0. The van der Waals surface area contributed by atoms with Gasteiger partial charge in [-0.25, -0.2) is 0 Å². The van der Waals surface area contributed by atoms with Gasteiger partial charge in [-0.1, -0.05) is 69.3 Å². The number of thioether (sulfide) groups is 1. The van der Waals surface area contributed by atoms with Crippen LogP contribution in [0.1, 0.15) is 66.7 Å². The molecule has 0 radical (unpaired) electrons. The van der Waals surface area contributed by atoms with Crippen molar-refractivity contribution in [2.45, 2.75) is 89.4 Å². The highest BCUT2D eigenvalue weighted by atomic mass is 32.2. The third kappa shape index (κ3) is 3.80. The Morgan fingerprint density at radius 1 is 1.33 bits per heavy atom. The quantitative estimate of drug-likeness (QED) is 0.543. The molecule has 2 rings (SSSR count). The first-order valence-electron chi connectivity index (χ1n) is 8.73. The van der Waals surface area contributed by atoms with Gasteiger partial charge in [0.25, 0.3) is 0 Å². The fraction of sp³-hybridized carbons (Fsp3) is 0.941. The lowest BCUT2D eigenvalue weighted by molar-refractivity contribution is 0.249. The van der Waals surface area contributed by atoms with Crippen molar-refractivity contribution in [1.29, 1.82) is 0 Å². The van der Waals surface area contributed by atoms with Gasteiger partial charge in [-0.15, -0.1) is 0 Å². The molecule has 1 heterocycles. The van der Waals surface area contributed by atoms with E-state index < -0.39 is 0 Å². The van der Waals surface area contributed by atoms with Crippen LogP contribution < -0.4 is 0 Å². The van der Waals surface area contributed by atoms with E-state index in [4.69, 9.17) is 12.2 Å². The summed E-state index contributed by atoms with van der Waals surface area (Å²) in [5, 5.41) is 1.25. The molecule has 120 valence electrons. The van der Waals surface area contributed by atoms with Crippen LogP contribution in [0.25, 0.3) is 0 Å². The molecule has 2 aliphatic rings. The molecular formula is C17H32BNS2. The van der Waals surface area contributed by atoms with Gasteiger partial charge in [-0.05, 0) is 38.5 Å². The second-order valence-electron chi connectivity index (χ2n) is 8.24. The lowest BCUT2D eigenvalue weighted by atomic mass is 9.55. The molecule has 4 heteroatoms. The second-order valence-corrected chi connectivity index (χ2v) is 10.1. The zero-order valence-corrected chi connectivity index (χ0v) is 16.3. The summed E-state index contributed by atoms with van der Waals surface area (Å²) in [7, 11) is 2.52. The molecule has 0 aromatic carbocycles. The Kier molecular flexibility index (Phi) is 5.74. The average molecular weight is 325 g/mol. The Morgan fingerprint density at radius 3 is 2.57 bits per heavy atom. The highest BCUT2D eigenvalue weighted by molar-refractivity contribution is 8.23. The van der Waals surface area contributed by atoms with Gasteiger partial charge >= 0.3 is 0 Å². The molecule has 0 aromatic rings. The SMILES string of the molecule is BC1(C(C)C)CCCC2C(CC(C)C1)SC(=S)N2C(C)C. The zero-order chi connectivity index (χ0) is 15.8. The van der Waals surface area contributed by atoms with Crippen molar-refractivity contribution >= 4 is 36.1 Å². The number of nitrogens with zero attached hydrogens (tertiary/aromatic N) is 1. The maximum atomic E-state index is 5.67. The van der Waals surface area contributed by atoms with Crippen molar-refractivity contribution in [3.8, 4) is 0 Å². The molecule has 2 fully saturated rings. The first-order chi connectivity index (χ1) is 9.74. The first kappa shape index (κ1) is 17.7. The standard InChI is InChI=1S/C17H32BNS2/c1-11(2)17(18)8-6-7-14-15(9-13(5)10-17)21-16(20)19(14)12(3)4/h11-15H,6-10,18H2,1-5H3. The third-order valence-corrected chi connectivity index (χ3v) is 7.62. The van der Waals surface area contributed by atoms with Gasteiger partial charge in [-0.2, -0.15) is 0 Å². The maximum Gasteiger partial charge on any atom is 0.137 e. The summed E-state index contributed by atoms with van der Waals surface area (Å²) in [6.45, 7) is 11.9. The molecule has 1 aliphatic heterocycles. The van der Waals surface area contributed by atoms with Crippen molar-refractivity contribution in [2.75, 3.05) is 0 Å². The highest BCUT2D eigenvalue weighted by Crippen LogP contribution is 2.49. The maximum absolute atomic E-state index is 5.67. The fourth-order valence-corrected chi connectivity index (χ4v) is 6.62. The van der Waals surface area contributed by atoms with Gasteiger partial charge in [0.2, 0.25) is 0 Å². The summed E-state index contributed by atoms with van der Waals surface area (Å²) in [5.41, 5.74) is 0. The lowest BCUT2D eigenvalue weighted by Crippen LogP contribution is -2.41. The molecule has 1 saturated carbocycles. The van der Waals surface area contributed by atoms with E-state index in [0.717, 1.165) is 21.4 Å². The van der Waals surface area contributed by atoms with Crippen LogP contribution in [0.2, 0.25) is 5.31 Å². The van der Waals surface area contributed by atoms with Crippen LogP contribution in [-0.4, -0.2) is 34.4 Å². The Balaban J connectivity index is 2.17. The van der Waals surface area contributed by atoms with Crippen LogP contribution in [0.3, 0.4) is 0 Å². The van der Waals surface area contributed by atoms with Crippen molar-refractivity contribution in [1.82, 2.24) is 4.90 Å². The van der Waals surface area contributed by atoms with E-state index in [1.807, 2.05) is 11.8 Å². The van der Waals surface area contributed by atoms with Gasteiger partial charge in [0.15, 0.2) is 0 Å². The summed E-state index contributed by atoms with van der Waals surface area (Å²) in [5.74, 6) is 1.60. The van der Waals surface area contributed by atoms with E-state index in [9.17, 15) is 0 Å². The summed E-state index contributed by atoms with van der Waals surface area (Å²) in [4.78, 5) is 2.54. The predicted molar refractivity (Wildman–Crippen MR) is 103 cm³/mol. The van der Waals surface area contributed by atoms with E-state index in [1.165, 1.54) is 32.1 Å². The monoisotopic (exact) mass is 325 g/mol. The normalized spacial score (nSPS) is 38.3. The molecule has 0 bridgehead atoms. The minimum atomic E-state index is 0.520. The second kappa shape index (κ2) is 6.82. The molecule has 0 N–H and O–H groups in total. The largest absolute Gasteiger partial charge is 0.351 e. The number of rotatable bonds is 2. The summed E-state index contributed by atoms with van der Waals surface area (Å²) in [6, 6.07) is 1.23. The average Bonchev–Trinajstić information content (AvgIpc) is 2.66. The van der Waals surface area contributed by atoms with Crippen molar-refractivity contribution in [3.63, 3.8) is 0 Å².